The molecule has 0 bridgehead atoms. The lowest BCUT2D eigenvalue weighted by Gasteiger charge is -2.10. The van der Waals surface area contributed by atoms with Crippen molar-refractivity contribution < 1.29 is 9.59 Å². The molecule has 0 fully saturated rings. The maximum absolute atomic E-state index is 13.3. The monoisotopic (exact) mass is 417 g/mol. The molecule has 0 atom stereocenters. The van der Waals surface area contributed by atoms with E-state index in [1.54, 1.807) is 27.8 Å². The molecule has 4 rings (SSSR count). The van der Waals surface area contributed by atoms with Gasteiger partial charge in [-0.25, -0.2) is 4.98 Å². The summed E-state index contributed by atoms with van der Waals surface area (Å²) in [7, 11) is 1.53. The number of hydrogen-bond donors (Lipinski definition) is 2. The fourth-order valence-electron chi connectivity index (χ4n) is 3.33. The van der Waals surface area contributed by atoms with Crippen LogP contribution in [0.3, 0.4) is 0 Å². The van der Waals surface area contributed by atoms with Crippen LogP contribution in [-0.4, -0.2) is 43.4 Å². The first-order valence-electron chi connectivity index (χ1n) is 10.1. The molecule has 2 amide bonds. The van der Waals surface area contributed by atoms with Crippen molar-refractivity contribution in [2.24, 2.45) is 0 Å². The minimum Gasteiger partial charge on any atom is -0.354 e. The van der Waals surface area contributed by atoms with Crippen molar-refractivity contribution >= 4 is 28.4 Å². The van der Waals surface area contributed by atoms with E-state index in [1.165, 1.54) is 7.05 Å². The predicted octanol–water partition coefficient (Wildman–Crippen LogP) is 2.95. The van der Waals surface area contributed by atoms with E-state index in [0.29, 0.717) is 29.0 Å². The number of nitrogens with zero attached hydrogens (tertiary/aromatic N) is 5. The highest BCUT2D eigenvalue weighted by Crippen LogP contribution is 2.26. The Morgan fingerprint density at radius 3 is 2.52 bits per heavy atom. The zero-order chi connectivity index (χ0) is 22.0. The Hall–Kier alpha value is -4.01. The lowest BCUT2D eigenvalue weighted by molar-refractivity contribution is 0.0958. The third-order valence-electron chi connectivity index (χ3n) is 4.99. The minimum atomic E-state index is -0.366. The van der Waals surface area contributed by atoms with E-state index in [9.17, 15) is 9.59 Å². The van der Waals surface area contributed by atoms with Crippen molar-refractivity contribution in [2.45, 2.75) is 26.9 Å². The molecular formula is C22H23N7O2. The molecule has 158 valence electrons. The number of carbonyl (C=O) groups is 2. The standard InChI is InChI=1S/C22H23N7O2/c1-4-28-12-14(11-24-28)18-10-16(15-8-6-7-9-17(15)25-18)21(30)26-19-13-29(5-2)27-20(19)22(31)23-3/h6-13H,4-5H2,1-3H3,(H,23,31)(H,26,30). The number of anilines is 1. The van der Waals surface area contributed by atoms with E-state index in [-0.39, 0.29) is 17.5 Å². The Kier molecular flexibility index (Phi) is 5.48. The average molecular weight is 417 g/mol. The highest BCUT2D eigenvalue weighted by atomic mass is 16.2. The van der Waals surface area contributed by atoms with E-state index in [0.717, 1.165) is 17.5 Å². The number of pyridine rings is 1. The molecule has 3 heterocycles. The zero-order valence-electron chi connectivity index (χ0n) is 17.6. The van der Waals surface area contributed by atoms with Crippen LogP contribution in [0.4, 0.5) is 5.69 Å². The Bertz CT molecular complexity index is 1270. The van der Waals surface area contributed by atoms with Gasteiger partial charge in [0.2, 0.25) is 0 Å². The summed E-state index contributed by atoms with van der Waals surface area (Å²) in [5, 5.41) is 14.7. The number of carbonyl (C=O) groups excluding carboxylic acids is 2. The van der Waals surface area contributed by atoms with Gasteiger partial charge < -0.3 is 10.6 Å². The van der Waals surface area contributed by atoms with Crippen LogP contribution in [0.5, 0.6) is 0 Å². The maximum atomic E-state index is 13.3. The van der Waals surface area contributed by atoms with Crippen molar-refractivity contribution in [3.63, 3.8) is 0 Å². The van der Waals surface area contributed by atoms with Crippen molar-refractivity contribution in [3.05, 3.63) is 60.2 Å². The van der Waals surface area contributed by atoms with Gasteiger partial charge in [-0.1, -0.05) is 18.2 Å². The van der Waals surface area contributed by atoms with Gasteiger partial charge in [-0.2, -0.15) is 10.2 Å². The molecule has 0 spiro atoms. The van der Waals surface area contributed by atoms with Gasteiger partial charge in [0.05, 0.1) is 28.7 Å². The molecule has 4 aromatic rings. The van der Waals surface area contributed by atoms with E-state index >= 15 is 0 Å². The predicted molar refractivity (Wildman–Crippen MR) is 118 cm³/mol. The molecule has 0 aliphatic carbocycles. The van der Waals surface area contributed by atoms with Gasteiger partial charge in [-0.3, -0.25) is 19.0 Å². The SMILES string of the molecule is CCn1cc(-c2cc(C(=O)Nc3cn(CC)nc3C(=O)NC)c3ccccc3n2)cn1. The molecule has 0 aliphatic heterocycles. The third-order valence-corrected chi connectivity index (χ3v) is 4.99. The second-order valence-electron chi connectivity index (χ2n) is 6.94. The Balaban J connectivity index is 1.77. The number of fused-ring (bicyclic) bond motifs is 1. The first-order chi connectivity index (χ1) is 15.0. The fraction of sp³-hybridized carbons (Fsp3) is 0.227. The topological polar surface area (TPSA) is 107 Å². The van der Waals surface area contributed by atoms with Crippen molar-refractivity contribution in [3.8, 4) is 11.3 Å². The number of nitrogens with one attached hydrogen (secondary N) is 2. The molecule has 9 nitrogen and oxygen atoms in total. The number of rotatable bonds is 6. The molecule has 0 radical (unpaired) electrons. The van der Waals surface area contributed by atoms with Gasteiger partial charge in [-0.15, -0.1) is 0 Å². The van der Waals surface area contributed by atoms with Gasteiger partial charge in [-0.05, 0) is 26.0 Å². The van der Waals surface area contributed by atoms with Crippen LogP contribution in [0, 0.1) is 0 Å². The number of para-hydroxylation sites is 1. The highest BCUT2D eigenvalue weighted by molar-refractivity contribution is 6.14. The first-order valence-corrected chi connectivity index (χ1v) is 10.1. The molecule has 1 aromatic carbocycles. The summed E-state index contributed by atoms with van der Waals surface area (Å²) in [6.07, 6.45) is 5.28. The lowest BCUT2D eigenvalue weighted by atomic mass is 10.0. The van der Waals surface area contributed by atoms with Crippen LogP contribution >= 0.6 is 0 Å². The summed E-state index contributed by atoms with van der Waals surface area (Å²) >= 11 is 0. The number of amides is 2. The lowest BCUT2D eigenvalue weighted by Crippen LogP contribution is -2.21. The van der Waals surface area contributed by atoms with Crippen molar-refractivity contribution in [2.75, 3.05) is 12.4 Å². The summed E-state index contributed by atoms with van der Waals surface area (Å²) in [5.74, 6) is -0.710. The Morgan fingerprint density at radius 1 is 1.03 bits per heavy atom. The van der Waals surface area contributed by atoms with E-state index in [1.807, 2.05) is 44.3 Å². The maximum Gasteiger partial charge on any atom is 0.273 e. The molecule has 2 N–H and O–H groups in total. The van der Waals surface area contributed by atoms with E-state index < -0.39 is 0 Å². The van der Waals surface area contributed by atoms with E-state index in [2.05, 4.69) is 20.8 Å². The van der Waals surface area contributed by atoms with E-state index in [4.69, 9.17) is 4.98 Å². The first kappa shape index (κ1) is 20.3. The minimum absolute atomic E-state index is 0.167. The molecule has 0 saturated carbocycles. The summed E-state index contributed by atoms with van der Waals surface area (Å²) in [6, 6.07) is 9.21. The van der Waals surface area contributed by atoms with Crippen LogP contribution < -0.4 is 10.6 Å². The molecule has 9 heteroatoms. The third kappa shape index (κ3) is 3.89. The Morgan fingerprint density at radius 2 is 1.81 bits per heavy atom. The summed E-state index contributed by atoms with van der Waals surface area (Å²) in [6.45, 7) is 5.23. The van der Waals surface area contributed by atoms with Crippen LogP contribution in [0.1, 0.15) is 34.7 Å². The van der Waals surface area contributed by atoms with Crippen LogP contribution in [0.25, 0.3) is 22.2 Å². The molecule has 0 saturated heterocycles. The second kappa shape index (κ2) is 8.39. The second-order valence-corrected chi connectivity index (χ2v) is 6.94. The number of aryl methyl sites for hydroxylation is 2. The quantitative estimate of drug-likeness (QED) is 0.502. The Labute approximate surface area is 179 Å². The largest absolute Gasteiger partial charge is 0.354 e. The van der Waals surface area contributed by atoms with Gasteiger partial charge in [0.15, 0.2) is 5.69 Å². The molecule has 0 aliphatic rings. The van der Waals surface area contributed by atoms with Gasteiger partial charge in [0.1, 0.15) is 0 Å². The smallest absolute Gasteiger partial charge is 0.273 e. The number of benzene rings is 1. The van der Waals surface area contributed by atoms with Gasteiger partial charge in [0.25, 0.3) is 11.8 Å². The highest BCUT2D eigenvalue weighted by Gasteiger charge is 2.20. The van der Waals surface area contributed by atoms with Crippen LogP contribution in [-0.2, 0) is 13.1 Å². The number of aromatic nitrogens is 5. The molecular weight excluding hydrogens is 394 g/mol. The molecule has 3 aromatic heterocycles. The molecule has 31 heavy (non-hydrogen) atoms. The van der Waals surface area contributed by atoms with Crippen molar-refractivity contribution in [1.29, 1.82) is 0 Å². The average Bonchev–Trinajstić information content (AvgIpc) is 3.44. The van der Waals surface area contributed by atoms with Gasteiger partial charge in [0, 0.05) is 43.5 Å². The zero-order valence-corrected chi connectivity index (χ0v) is 17.6. The normalized spacial score (nSPS) is 10.9. The van der Waals surface area contributed by atoms with Crippen molar-refractivity contribution in [1.82, 2.24) is 29.9 Å². The summed E-state index contributed by atoms with van der Waals surface area (Å²) < 4.78 is 3.41. The summed E-state index contributed by atoms with van der Waals surface area (Å²) in [4.78, 5) is 30.2. The van der Waals surface area contributed by atoms with Gasteiger partial charge >= 0.3 is 0 Å². The number of hydrogen-bond acceptors (Lipinski definition) is 5. The summed E-state index contributed by atoms with van der Waals surface area (Å²) in [5.41, 5.74) is 3.15. The molecule has 0 unspecified atom stereocenters. The van der Waals surface area contributed by atoms with Crippen LogP contribution in [0.15, 0.2) is 48.9 Å². The van der Waals surface area contributed by atoms with Crippen LogP contribution in [0.2, 0.25) is 0 Å². The fourth-order valence-corrected chi connectivity index (χ4v) is 3.33.